The molecular weight excluding hydrogens is 1090 g/mol. The highest BCUT2D eigenvalue weighted by Crippen LogP contribution is 2.18. The van der Waals surface area contributed by atoms with Crippen molar-refractivity contribution in [3.63, 3.8) is 0 Å². The van der Waals surface area contributed by atoms with Gasteiger partial charge in [0.15, 0.2) is 12.4 Å². The van der Waals surface area contributed by atoms with Crippen LogP contribution in [0.2, 0.25) is 0 Å². The zero-order valence-electron chi connectivity index (χ0n) is 58.1. The maximum atomic E-state index is 12.9. The smallest absolute Gasteiger partial charge is 0.306 e. The van der Waals surface area contributed by atoms with E-state index in [1.165, 1.54) is 199 Å². The first-order valence-corrected chi connectivity index (χ1v) is 36.9. The first-order valence-electron chi connectivity index (χ1n) is 36.9. The molecule has 0 aliphatic carbocycles. The minimum atomic E-state index is -1.63. The van der Waals surface area contributed by atoms with Gasteiger partial charge < -0.3 is 33.3 Å². The number of aliphatic carboxylic acids is 1. The standard InChI is InChI=1S/C79H139NO8/c1-6-8-10-12-14-16-18-20-22-24-26-28-30-32-34-36-37-38-39-40-41-42-44-46-48-50-52-54-56-58-60-62-64-66-68-70-77(82)88-75(74-87-79(78(83)84)85-72-71-80(3,4)5)73-86-76(81)69-67-65-63-61-59-57-55-53-51-49-47-45-43-35-33-31-29-27-25-23-21-19-17-15-13-11-9-7-2/h8,10,14,16,20,22,26,28,32,34,37-38,40-41,44,46,75,79H,6-7,9,11-13,15,17-19,21,23-25,27,29-31,33,35-36,39,42-43,45,47-74H2,1-5H3/b10-8-,16-14-,22-20-,28-26-,34-32-,38-37-,41-40-,46-44-. The van der Waals surface area contributed by atoms with Crippen molar-refractivity contribution in [2.24, 2.45) is 0 Å². The second kappa shape index (κ2) is 69.1. The lowest BCUT2D eigenvalue weighted by Gasteiger charge is -2.26. The number of rotatable bonds is 68. The van der Waals surface area contributed by atoms with Gasteiger partial charge in [0.1, 0.15) is 13.2 Å². The Balaban J connectivity index is 4.11. The molecule has 0 bridgehead atoms. The van der Waals surface area contributed by atoms with Gasteiger partial charge in [0.2, 0.25) is 0 Å². The Morgan fingerprint density at radius 1 is 0.352 bits per heavy atom. The summed E-state index contributed by atoms with van der Waals surface area (Å²) < 4.78 is 22.8. The van der Waals surface area contributed by atoms with E-state index in [-0.39, 0.29) is 32.2 Å². The fourth-order valence-electron chi connectivity index (χ4n) is 10.5. The van der Waals surface area contributed by atoms with Gasteiger partial charge in [-0.3, -0.25) is 9.59 Å². The van der Waals surface area contributed by atoms with Gasteiger partial charge in [0, 0.05) is 12.8 Å². The zero-order chi connectivity index (χ0) is 64.0. The number of esters is 2. The van der Waals surface area contributed by atoms with Crippen LogP contribution in [0.5, 0.6) is 0 Å². The average molecular weight is 1230 g/mol. The van der Waals surface area contributed by atoms with Gasteiger partial charge in [-0.1, -0.05) is 336 Å². The highest BCUT2D eigenvalue weighted by molar-refractivity contribution is 5.70. The van der Waals surface area contributed by atoms with Gasteiger partial charge in [-0.2, -0.15) is 0 Å². The molecule has 0 fully saturated rings. The van der Waals surface area contributed by atoms with E-state index in [0.29, 0.717) is 23.9 Å². The molecule has 88 heavy (non-hydrogen) atoms. The van der Waals surface area contributed by atoms with E-state index in [0.717, 1.165) is 96.3 Å². The van der Waals surface area contributed by atoms with Gasteiger partial charge in [-0.25, -0.2) is 0 Å². The van der Waals surface area contributed by atoms with Crippen LogP contribution in [0.4, 0.5) is 0 Å². The number of allylic oxidation sites excluding steroid dienone is 16. The molecule has 0 saturated heterocycles. The number of carbonyl (C=O) groups excluding carboxylic acids is 3. The molecule has 0 amide bonds. The lowest BCUT2D eigenvalue weighted by atomic mass is 10.0. The van der Waals surface area contributed by atoms with E-state index in [2.05, 4.69) is 111 Å². The third kappa shape index (κ3) is 69.7. The molecule has 0 aromatic heterocycles. The summed E-state index contributed by atoms with van der Waals surface area (Å²) >= 11 is 0. The van der Waals surface area contributed by atoms with Gasteiger partial charge in [0.05, 0.1) is 40.3 Å². The molecule has 0 aromatic carbocycles. The minimum Gasteiger partial charge on any atom is -0.545 e. The number of likely N-dealkylation sites (N-methyl/N-ethyl adjacent to an activating group) is 1. The van der Waals surface area contributed by atoms with Crippen LogP contribution >= 0.6 is 0 Å². The normalized spacial score (nSPS) is 13.2. The highest BCUT2D eigenvalue weighted by atomic mass is 16.7. The second-order valence-corrected chi connectivity index (χ2v) is 25.9. The largest absolute Gasteiger partial charge is 0.545 e. The molecule has 0 spiro atoms. The van der Waals surface area contributed by atoms with Crippen LogP contribution < -0.4 is 5.11 Å². The molecule has 0 radical (unpaired) electrons. The van der Waals surface area contributed by atoms with Crippen LogP contribution in [0, 0.1) is 0 Å². The zero-order valence-corrected chi connectivity index (χ0v) is 58.1. The topological polar surface area (TPSA) is 111 Å². The number of nitrogens with zero attached hydrogens (tertiary/aromatic N) is 1. The number of carboxylic acids is 1. The van der Waals surface area contributed by atoms with Crippen molar-refractivity contribution in [3.8, 4) is 0 Å². The SMILES string of the molecule is CC/C=C\C/C=C\C/C=C\C/C=C\C/C=C\C/C=C\C/C=C\C/C=C\CCCCCCCCCCCCC(=O)OC(COC(=O)CCCCCCCCCCCCCCCCCCCCCCCCCCCCCC)COC(OCC[N+](C)(C)C)C(=O)[O-]. The Labute approximate surface area is 543 Å². The summed E-state index contributed by atoms with van der Waals surface area (Å²) in [5.74, 6) is -2.28. The molecule has 0 rings (SSSR count). The first-order chi connectivity index (χ1) is 43.1. The molecule has 9 heteroatoms. The molecule has 0 aliphatic rings. The van der Waals surface area contributed by atoms with Crippen molar-refractivity contribution < 1.29 is 42.9 Å². The number of ether oxygens (including phenoxy) is 4. The molecule has 508 valence electrons. The van der Waals surface area contributed by atoms with Crippen molar-refractivity contribution in [2.75, 3.05) is 47.5 Å². The number of hydrogen-bond donors (Lipinski definition) is 0. The maximum absolute atomic E-state index is 12.9. The summed E-state index contributed by atoms with van der Waals surface area (Å²) in [4.78, 5) is 37.5. The predicted octanol–water partition coefficient (Wildman–Crippen LogP) is 21.9. The quantitative estimate of drug-likeness (QED) is 0.0195. The Bertz CT molecular complexity index is 1770. The van der Waals surface area contributed by atoms with E-state index in [9.17, 15) is 19.5 Å². The number of unbranched alkanes of at least 4 members (excludes halogenated alkanes) is 37. The first kappa shape index (κ1) is 84.2. The summed E-state index contributed by atoms with van der Waals surface area (Å²) in [5, 5.41) is 11.8. The van der Waals surface area contributed by atoms with Crippen LogP contribution in [0.3, 0.4) is 0 Å². The second-order valence-electron chi connectivity index (χ2n) is 25.9. The number of carboxylic acid groups (broad SMARTS) is 1. The maximum Gasteiger partial charge on any atom is 0.306 e. The summed E-state index contributed by atoms with van der Waals surface area (Å²) in [6, 6.07) is 0. The fraction of sp³-hybridized carbons (Fsp3) is 0.759. The molecule has 0 N–H and O–H groups in total. The Hall–Kier alpha value is -3.79. The summed E-state index contributed by atoms with van der Waals surface area (Å²) in [6.45, 7) is 4.67. The van der Waals surface area contributed by atoms with Gasteiger partial charge in [0.25, 0.3) is 0 Å². The van der Waals surface area contributed by atoms with Crippen molar-refractivity contribution in [3.05, 3.63) is 97.2 Å². The van der Waals surface area contributed by atoms with Crippen molar-refractivity contribution >= 4 is 17.9 Å². The lowest BCUT2D eigenvalue weighted by molar-refractivity contribution is -0.870. The third-order valence-corrected chi connectivity index (χ3v) is 16.1. The Morgan fingerprint density at radius 3 is 0.966 bits per heavy atom. The van der Waals surface area contributed by atoms with Crippen molar-refractivity contribution in [2.45, 2.75) is 341 Å². The van der Waals surface area contributed by atoms with E-state index in [1.54, 1.807) is 0 Å². The molecule has 0 heterocycles. The average Bonchev–Trinajstić information content (AvgIpc) is 3.54. The summed E-state index contributed by atoms with van der Waals surface area (Å²) in [7, 11) is 5.93. The van der Waals surface area contributed by atoms with Gasteiger partial charge in [-0.05, 0) is 77.0 Å². The lowest BCUT2D eigenvalue weighted by Crippen LogP contribution is -2.44. The van der Waals surface area contributed by atoms with Crippen LogP contribution in [0.15, 0.2) is 97.2 Å². The van der Waals surface area contributed by atoms with Crippen LogP contribution in [0.1, 0.15) is 328 Å². The monoisotopic (exact) mass is 1230 g/mol. The molecular formula is C79H139NO8. The van der Waals surface area contributed by atoms with E-state index in [1.807, 2.05) is 21.1 Å². The van der Waals surface area contributed by atoms with Crippen molar-refractivity contribution in [1.29, 1.82) is 0 Å². The predicted molar refractivity (Wildman–Crippen MR) is 375 cm³/mol. The molecule has 9 nitrogen and oxygen atoms in total. The molecule has 0 aromatic rings. The van der Waals surface area contributed by atoms with Crippen LogP contribution in [0.25, 0.3) is 0 Å². The molecule has 2 unspecified atom stereocenters. The van der Waals surface area contributed by atoms with Crippen molar-refractivity contribution in [1.82, 2.24) is 0 Å². The fourth-order valence-corrected chi connectivity index (χ4v) is 10.5. The number of quaternary nitrogens is 1. The van der Waals surface area contributed by atoms with Gasteiger partial charge in [-0.15, -0.1) is 0 Å². The van der Waals surface area contributed by atoms with Crippen LogP contribution in [-0.4, -0.2) is 82.3 Å². The van der Waals surface area contributed by atoms with E-state index >= 15 is 0 Å². The summed E-state index contributed by atoms with van der Waals surface area (Å²) in [6.07, 6.45) is 92.1. The van der Waals surface area contributed by atoms with E-state index in [4.69, 9.17) is 18.9 Å². The third-order valence-electron chi connectivity index (χ3n) is 16.1. The molecule has 2 atom stereocenters. The Kier molecular flexibility index (Phi) is 66.1. The minimum absolute atomic E-state index is 0.145. The number of hydrogen-bond acceptors (Lipinski definition) is 8. The van der Waals surface area contributed by atoms with E-state index < -0.39 is 24.3 Å². The highest BCUT2D eigenvalue weighted by Gasteiger charge is 2.22. The Morgan fingerprint density at radius 2 is 0.648 bits per heavy atom. The molecule has 0 saturated carbocycles. The molecule has 0 aliphatic heterocycles. The number of carbonyl (C=O) groups is 3. The van der Waals surface area contributed by atoms with Gasteiger partial charge >= 0.3 is 11.9 Å². The summed E-state index contributed by atoms with van der Waals surface area (Å²) in [5.41, 5.74) is 0. The van der Waals surface area contributed by atoms with Crippen LogP contribution in [-0.2, 0) is 33.3 Å².